The molecule has 0 saturated carbocycles. The third-order valence-electron chi connectivity index (χ3n) is 6.03. The molecular weight excluding hydrogens is 528 g/mol. The fourth-order valence-electron chi connectivity index (χ4n) is 3.98. The molecule has 4 rings (SSSR count). The lowest BCUT2D eigenvalue weighted by Crippen LogP contribution is -2.44. The maximum atomic E-state index is 13.2. The number of carboxylic acid groups (broad SMARTS) is 1. The van der Waals surface area contributed by atoms with Gasteiger partial charge in [0.05, 0.1) is 12.1 Å². The lowest BCUT2D eigenvalue weighted by Gasteiger charge is -2.16. The van der Waals surface area contributed by atoms with E-state index in [-0.39, 0.29) is 31.0 Å². The Morgan fingerprint density at radius 3 is 2.61 bits per heavy atom. The van der Waals surface area contributed by atoms with Crippen LogP contribution in [0.15, 0.2) is 83.8 Å². The zero-order valence-corrected chi connectivity index (χ0v) is 22.5. The summed E-state index contributed by atoms with van der Waals surface area (Å²) in [5.74, 6) is 0.798. The van der Waals surface area contributed by atoms with Crippen LogP contribution in [0.2, 0.25) is 0 Å². The molecule has 12 heteroatoms. The number of hydrogen-bond donors (Lipinski definition) is 4. The second-order valence-electron chi connectivity index (χ2n) is 9.31. The Labute approximate surface area is 235 Å². The molecule has 212 valence electrons. The third kappa shape index (κ3) is 7.60. The smallest absolute Gasteiger partial charge is 0.405 e. The Morgan fingerprint density at radius 1 is 1.10 bits per heavy atom. The van der Waals surface area contributed by atoms with Crippen LogP contribution in [-0.4, -0.2) is 62.6 Å². The fraction of sp³-hybridized carbons (Fsp3) is 0.207. The van der Waals surface area contributed by atoms with Gasteiger partial charge in [0.1, 0.15) is 28.8 Å². The quantitative estimate of drug-likeness (QED) is 0.205. The number of nitrogens with zero attached hydrogens (tertiary/aromatic N) is 3. The SMILES string of the molecule is CN(C)C(=O)C=CCCC(NC(=O)O)C(=O)Nc1cccn(Cc2nc3c(Oc4ccccc4)cccc3[nH]2)c1=O. The highest BCUT2D eigenvalue weighted by molar-refractivity contribution is 5.96. The molecular formula is C29H30N6O6. The molecule has 3 amide bonds. The van der Waals surface area contributed by atoms with Crippen molar-refractivity contribution in [1.82, 2.24) is 24.8 Å². The van der Waals surface area contributed by atoms with Gasteiger partial charge in [-0.3, -0.25) is 14.4 Å². The largest absolute Gasteiger partial charge is 0.465 e. The number of anilines is 1. The molecule has 0 saturated heterocycles. The highest BCUT2D eigenvalue weighted by Crippen LogP contribution is 2.28. The number of fused-ring (bicyclic) bond motifs is 1. The molecule has 1 unspecified atom stereocenters. The minimum atomic E-state index is -1.38. The summed E-state index contributed by atoms with van der Waals surface area (Å²) in [6, 6.07) is 16.7. The normalized spacial score (nSPS) is 11.8. The standard InChI is InChI=1S/C29H30N6O6/c1-34(2)25(36)16-7-6-12-21(32-29(39)40)27(37)31-22-14-9-17-35(28(22)38)18-24-30-20-13-8-15-23(26(20)33-24)41-19-10-4-3-5-11-19/h3-5,7-11,13-17,21,32H,6,12,18H2,1-2H3,(H,30,33)(H,31,37)(H,39,40). The highest BCUT2D eigenvalue weighted by Gasteiger charge is 2.21. The van der Waals surface area contributed by atoms with E-state index in [0.717, 1.165) is 5.52 Å². The molecule has 0 fully saturated rings. The molecule has 0 bridgehead atoms. The Morgan fingerprint density at radius 2 is 1.88 bits per heavy atom. The van der Waals surface area contributed by atoms with E-state index < -0.39 is 23.6 Å². The van der Waals surface area contributed by atoms with Crippen LogP contribution < -0.4 is 20.9 Å². The topological polar surface area (TPSA) is 159 Å². The van der Waals surface area contributed by atoms with Gasteiger partial charge in [0.25, 0.3) is 5.56 Å². The van der Waals surface area contributed by atoms with Gasteiger partial charge >= 0.3 is 6.09 Å². The van der Waals surface area contributed by atoms with E-state index in [2.05, 4.69) is 20.6 Å². The molecule has 2 aromatic heterocycles. The van der Waals surface area contributed by atoms with Gasteiger partial charge in [-0.15, -0.1) is 0 Å². The van der Waals surface area contributed by atoms with E-state index in [1.54, 1.807) is 38.5 Å². The van der Waals surface area contributed by atoms with Crippen molar-refractivity contribution in [2.24, 2.45) is 0 Å². The minimum absolute atomic E-state index is 0.0165. The molecule has 12 nitrogen and oxygen atoms in total. The van der Waals surface area contributed by atoms with Crippen molar-refractivity contribution in [3.8, 4) is 11.5 Å². The summed E-state index contributed by atoms with van der Waals surface area (Å²) in [5.41, 5.74) is 0.826. The first kappa shape index (κ1) is 28.6. The number of rotatable bonds is 11. The summed E-state index contributed by atoms with van der Waals surface area (Å²) in [4.78, 5) is 58.2. The van der Waals surface area contributed by atoms with E-state index in [1.807, 2.05) is 42.5 Å². The molecule has 41 heavy (non-hydrogen) atoms. The van der Waals surface area contributed by atoms with Gasteiger partial charge in [-0.2, -0.15) is 0 Å². The molecule has 2 aromatic carbocycles. The van der Waals surface area contributed by atoms with E-state index in [1.165, 1.54) is 21.6 Å². The average molecular weight is 559 g/mol. The Balaban J connectivity index is 1.48. The number of carbonyl (C=O) groups is 3. The number of benzene rings is 2. The van der Waals surface area contributed by atoms with Gasteiger partial charge in [-0.1, -0.05) is 30.3 Å². The molecule has 4 aromatic rings. The van der Waals surface area contributed by atoms with E-state index in [0.29, 0.717) is 22.8 Å². The number of aromatic nitrogens is 3. The summed E-state index contributed by atoms with van der Waals surface area (Å²) >= 11 is 0. The van der Waals surface area contributed by atoms with Crippen molar-refractivity contribution >= 4 is 34.6 Å². The lowest BCUT2D eigenvalue weighted by molar-refractivity contribution is -0.123. The van der Waals surface area contributed by atoms with Gasteiger partial charge < -0.3 is 34.9 Å². The summed E-state index contributed by atoms with van der Waals surface area (Å²) in [7, 11) is 3.21. The predicted octanol–water partition coefficient (Wildman–Crippen LogP) is 3.56. The number of ether oxygens (including phenoxy) is 1. The predicted molar refractivity (Wildman–Crippen MR) is 153 cm³/mol. The van der Waals surface area contributed by atoms with Gasteiger partial charge in [0.15, 0.2) is 5.75 Å². The van der Waals surface area contributed by atoms with Crippen molar-refractivity contribution in [2.45, 2.75) is 25.4 Å². The Bertz CT molecular complexity index is 1630. The number of likely N-dealkylation sites (N-methyl/N-ethyl adjacent to an activating group) is 1. The van der Waals surface area contributed by atoms with E-state index in [9.17, 15) is 24.3 Å². The van der Waals surface area contributed by atoms with Gasteiger partial charge in [-0.25, -0.2) is 9.78 Å². The van der Waals surface area contributed by atoms with Gasteiger partial charge in [0, 0.05) is 20.3 Å². The number of allylic oxidation sites excluding steroid dienone is 1. The molecule has 1 atom stereocenters. The van der Waals surface area contributed by atoms with Crippen LogP contribution >= 0.6 is 0 Å². The van der Waals surface area contributed by atoms with Crippen LogP contribution in [0.4, 0.5) is 10.5 Å². The molecule has 0 spiro atoms. The maximum absolute atomic E-state index is 13.2. The number of amides is 3. The fourth-order valence-corrected chi connectivity index (χ4v) is 3.98. The summed E-state index contributed by atoms with van der Waals surface area (Å²) in [6.45, 7) is 0.0868. The highest BCUT2D eigenvalue weighted by atomic mass is 16.5. The van der Waals surface area contributed by atoms with Crippen LogP contribution in [0.5, 0.6) is 11.5 Å². The van der Waals surface area contributed by atoms with Crippen LogP contribution in [0, 0.1) is 0 Å². The second kappa shape index (κ2) is 13.1. The van der Waals surface area contributed by atoms with Gasteiger partial charge in [0.2, 0.25) is 11.8 Å². The average Bonchev–Trinajstić information content (AvgIpc) is 3.36. The van der Waals surface area contributed by atoms with Crippen LogP contribution in [0.25, 0.3) is 11.0 Å². The molecule has 0 aliphatic rings. The first-order valence-electron chi connectivity index (χ1n) is 12.8. The van der Waals surface area contributed by atoms with Crippen molar-refractivity contribution in [3.63, 3.8) is 0 Å². The van der Waals surface area contributed by atoms with Crippen molar-refractivity contribution in [1.29, 1.82) is 0 Å². The number of nitrogens with one attached hydrogen (secondary N) is 3. The Hall–Kier alpha value is -5.39. The summed E-state index contributed by atoms with van der Waals surface area (Å²) in [6.07, 6.45) is 3.43. The van der Waals surface area contributed by atoms with E-state index >= 15 is 0 Å². The zero-order valence-electron chi connectivity index (χ0n) is 22.5. The first-order valence-corrected chi connectivity index (χ1v) is 12.8. The monoisotopic (exact) mass is 558 g/mol. The Kier molecular flexibility index (Phi) is 9.15. The number of pyridine rings is 1. The van der Waals surface area contributed by atoms with Crippen LogP contribution in [0.3, 0.4) is 0 Å². The summed E-state index contributed by atoms with van der Waals surface area (Å²) in [5, 5.41) is 13.9. The lowest BCUT2D eigenvalue weighted by atomic mass is 10.1. The van der Waals surface area contributed by atoms with Crippen molar-refractivity contribution in [3.05, 3.63) is 95.2 Å². The molecule has 2 heterocycles. The van der Waals surface area contributed by atoms with Crippen LogP contribution in [0.1, 0.15) is 18.7 Å². The molecule has 0 radical (unpaired) electrons. The number of hydrogen-bond acceptors (Lipinski definition) is 6. The van der Waals surface area contributed by atoms with Crippen LogP contribution in [-0.2, 0) is 16.1 Å². The van der Waals surface area contributed by atoms with Crippen molar-refractivity contribution in [2.75, 3.05) is 19.4 Å². The maximum Gasteiger partial charge on any atom is 0.405 e. The number of carbonyl (C=O) groups excluding carboxylic acids is 2. The number of aromatic amines is 1. The molecule has 0 aliphatic carbocycles. The molecule has 4 N–H and O–H groups in total. The number of H-pyrrole nitrogens is 1. The van der Waals surface area contributed by atoms with E-state index in [4.69, 9.17) is 4.74 Å². The van der Waals surface area contributed by atoms with Gasteiger partial charge in [-0.05, 0) is 55.3 Å². The summed E-state index contributed by atoms with van der Waals surface area (Å²) < 4.78 is 7.35. The number of imidazole rings is 1. The minimum Gasteiger partial charge on any atom is -0.465 e. The third-order valence-corrected chi connectivity index (χ3v) is 6.03. The zero-order chi connectivity index (χ0) is 29.4. The second-order valence-corrected chi connectivity index (χ2v) is 9.31. The molecule has 0 aliphatic heterocycles. The van der Waals surface area contributed by atoms with Crippen molar-refractivity contribution < 1.29 is 24.2 Å². The first-order chi connectivity index (χ1) is 19.7. The number of para-hydroxylation sites is 2.